The summed E-state index contributed by atoms with van der Waals surface area (Å²) in [5, 5.41) is 2.84. The summed E-state index contributed by atoms with van der Waals surface area (Å²) in [6.07, 6.45) is 5.77. The van der Waals surface area contributed by atoms with Crippen molar-refractivity contribution in [1.82, 2.24) is 20.2 Å². The quantitative estimate of drug-likeness (QED) is 0.648. The average molecular weight is 284 g/mol. The van der Waals surface area contributed by atoms with E-state index < -0.39 is 0 Å². The van der Waals surface area contributed by atoms with Gasteiger partial charge in [-0.25, -0.2) is 4.98 Å². The first-order valence-electron chi connectivity index (χ1n) is 6.97. The molecule has 0 radical (unpaired) electrons. The predicted octanol–water partition coefficient (Wildman–Crippen LogP) is 1.71. The highest BCUT2D eigenvalue weighted by Crippen LogP contribution is 2.09. The lowest BCUT2D eigenvalue weighted by Gasteiger charge is -2.08. The van der Waals surface area contributed by atoms with E-state index in [1.54, 1.807) is 12.3 Å². The molecule has 1 aromatic carbocycles. The van der Waals surface area contributed by atoms with Gasteiger partial charge in [0.2, 0.25) is 5.91 Å². The largest absolute Gasteiger partial charge is 0.353 e. The number of nitrogens with zero attached hydrogens (tertiary/aromatic N) is 3. The fourth-order valence-electron chi connectivity index (χ4n) is 1.88. The standard InChI is InChI=1S/C16H20N4O/c1-20(2)11-5-10-17-16(21)9-8-13-12-18-14-6-3-4-7-15(14)19-13/h3-4,6-9,12H,5,10-11H2,1-2H3,(H,17,21)/b9-8+. The van der Waals surface area contributed by atoms with Crippen molar-refractivity contribution in [2.75, 3.05) is 27.2 Å². The molecule has 0 aliphatic heterocycles. The van der Waals surface area contributed by atoms with E-state index in [0.29, 0.717) is 12.2 Å². The molecule has 1 aromatic heterocycles. The number of aromatic nitrogens is 2. The normalized spacial score (nSPS) is 11.4. The number of amides is 1. The number of hydrogen-bond acceptors (Lipinski definition) is 4. The van der Waals surface area contributed by atoms with Crippen LogP contribution in [0.25, 0.3) is 17.1 Å². The molecule has 110 valence electrons. The Bertz CT molecular complexity index is 637. The first-order valence-corrected chi connectivity index (χ1v) is 6.97. The van der Waals surface area contributed by atoms with Gasteiger partial charge in [0.25, 0.3) is 0 Å². The maximum absolute atomic E-state index is 11.7. The molecule has 0 saturated heterocycles. The summed E-state index contributed by atoms with van der Waals surface area (Å²) in [7, 11) is 4.03. The lowest BCUT2D eigenvalue weighted by Crippen LogP contribution is -2.25. The molecule has 5 heteroatoms. The number of fused-ring (bicyclic) bond motifs is 1. The van der Waals surface area contributed by atoms with Gasteiger partial charge in [-0.15, -0.1) is 0 Å². The molecule has 0 bridgehead atoms. The number of hydrogen-bond donors (Lipinski definition) is 1. The van der Waals surface area contributed by atoms with Gasteiger partial charge in [0.05, 0.1) is 22.9 Å². The van der Waals surface area contributed by atoms with Crippen LogP contribution in [0.15, 0.2) is 36.5 Å². The number of para-hydroxylation sites is 2. The number of nitrogens with one attached hydrogen (secondary N) is 1. The first-order chi connectivity index (χ1) is 10.1. The van der Waals surface area contributed by atoms with Gasteiger partial charge >= 0.3 is 0 Å². The summed E-state index contributed by atoms with van der Waals surface area (Å²) in [4.78, 5) is 22.5. The zero-order valence-corrected chi connectivity index (χ0v) is 12.4. The summed E-state index contributed by atoms with van der Waals surface area (Å²) >= 11 is 0. The minimum absolute atomic E-state index is 0.108. The first kappa shape index (κ1) is 15.1. The molecule has 0 spiro atoms. The Labute approximate surface area is 124 Å². The topological polar surface area (TPSA) is 58.1 Å². The van der Waals surface area contributed by atoms with Crippen molar-refractivity contribution in [3.63, 3.8) is 0 Å². The molecule has 5 nitrogen and oxygen atoms in total. The molecule has 0 unspecified atom stereocenters. The van der Waals surface area contributed by atoms with Crippen LogP contribution in [-0.4, -0.2) is 48.0 Å². The van der Waals surface area contributed by atoms with Gasteiger partial charge in [-0.3, -0.25) is 9.78 Å². The minimum atomic E-state index is -0.108. The van der Waals surface area contributed by atoms with Crippen LogP contribution in [0.5, 0.6) is 0 Å². The summed E-state index contributed by atoms with van der Waals surface area (Å²) in [6.45, 7) is 1.63. The van der Waals surface area contributed by atoms with Gasteiger partial charge in [0.1, 0.15) is 0 Å². The zero-order chi connectivity index (χ0) is 15.1. The van der Waals surface area contributed by atoms with Crippen LogP contribution in [0.1, 0.15) is 12.1 Å². The van der Waals surface area contributed by atoms with E-state index in [1.807, 2.05) is 38.4 Å². The third-order valence-electron chi connectivity index (χ3n) is 2.95. The maximum atomic E-state index is 11.7. The summed E-state index contributed by atoms with van der Waals surface area (Å²) in [5.41, 5.74) is 2.35. The third kappa shape index (κ3) is 4.96. The lowest BCUT2D eigenvalue weighted by atomic mass is 10.3. The summed E-state index contributed by atoms with van der Waals surface area (Å²) in [6, 6.07) is 7.66. The molecule has 0 fully saturated rings. The second-order valence-corrected chi connectivity index (χ2v) is 5.06. The van der Waals surface area contributed by atoms with E-state index in [-0.39, 0.29) is 5.91 Å². The number of rotatable bonds is 6. The van der Waals surface area contributed by atoms with E-state index in [1.165, 1.54) is 6.08 Å². The van der Waals surface area contributed by atoms with E-state index >= 15 is 0 Å². The molecule has 1 N–H and O–H groups in total. The summed E-state index contributed by atoms with van der Waals surface area (Å²) < 4.78 is 0. The number of carbonyl (C=O) groups is 1. The molecule has 2 aromatic rings. The SMILES string of the molecule is CN(C)CCCNC(=O)/C=C/c1cnc2ccccc2n1. The minimum Gasteiger partial charge on any atom is -0.353 e. The molecule has 0 aliphatic rings. The molecule has 21 heavy (non-hydrogen) atoms. The average Bonchev–Trinajstić information content (AvgIpc) is 2.49. The lowest BCUT2D eigenvalue weighted by molar-refractivity contribution is -0.116. The van der Waals surface area contributed by atoms with Crippen molar-refractivity contribution in [1.29, 1.82) is 0 Å². The second kappa shape index (κ2) is 7.50. The van der Waals surface area contributed by atoms with Crippen LogP contribution in [0.4, 0.5) is 0 Å². The molecule has 1 heterocycles. The Hall–Kier alpha value is -2.27. The Morgan fingerprint density at radius 1 is 1.29 bits per heavy atom. The zero-order valence-electron chi connectivity index (χ0n) is 12.4. The highest BCUT2D eigenvalue weighted by atomic mass is 16.1. The van der Waals surface area contributed by atoms with E-state index in [2.05, 4.69) is 20.2 Å². The van der Waals surface area contributed by atoms with E-state index in [4.69, 9.17) is 0 Å². The molecule has 0 aliphatic carbocycles. The smallest absolute Gasteiger partial charge is 0.244 e. The van der Waals surface area contributed by atoms with E-state index in [0.717, 1.165) is 24.0 Å². The Morgan fingerprint density at radius 2 is 2.05 bits per heavy atom. The Balaban J connectivity index is 1.88. The molecular formula is C16H20N4O. The van der Waals surface area contributed by atoms with Crippen LogP contribution < -0.4 is 5.32 Å². The third-order valence-corrected chi connectivity index (χ3v) is 2.95. The monoisotopic (exact) mass is 284 g/mol. The van der Waals surface area contributed by atoms with Crippen molar-refractivity contribution >= 4 is 23.0 Å². The Morgan fingerprint density at radius 3 is 2.81 bits per heavy atom. The van der Waals surface area contributed by atoms with Crippen molar-refractivity contribution in [3.05, 3.63) is 42.2 Å². The van der Waals surface area contributed by atoms with Gasteiger partial charge in [0, 0.05) is 12.6 Å². The highest BCUT2D eigenvalue weighted by molar-refractivity contribution is 5.91. The molecule has 0 atom stereocenters. The molecule has 1 amide bonds. The van der Waals surface area contributed by atoms with Crippen LogP contribution in [0.2, 0.25) is 0 Å². The van der Waals surface area contributed by atoms with Gasteiger partial charge in [-0.1, -0.05) is 12.1 Å². The van der Waals surface area contributed by atoms with Crippen LogP contribution in [0.3, 0.4) is 0 Å². The van der Waals surface area contributed by atoms with Crippen molar-refractivity contribution in [2.24, 2.45) is 0 Å². The van der Waals surface area contributed by atoms with Crippen molar-refractivity contribution in [3.8, 4) is 0 Å². The second-order valence-electron chi connectivity index (χ2n) is 5.06. The van der Waals surface area contributed by atoms with Crippen molar-refractivity contribution in [2.45, 2.75) is 6.42 Å². The van der Waals surface area contributed by atoms with Crippen LogP contribution in [-0.2, 0) is 4.79 Å². The summed E-state index contributed by atoms with van der Waals surface area (Å²) in [5.74, 6) is -0.108. The number of carbonyl (C=O) groups excluding carboxylic acids is 1. The highest BCUT2D eigenvalue weighted by Gasteiger charge is 1.98. The fraction of sp³-hybridized carbons (Fsp3) is 0.312. The predicted molar refractivity (Wildman–Crippen MR) is 84.8 cm³/mol. The Kier molecular flexibility index (Phi) is 5.40. The van der Waals surface area contributed by atoms with Gasteiger partial charge in [-0.2, -0.15) is 0 Å². The van der Waals surface area contributed by atoms with Crippen LogP contribution >= 0.6 is 0 Å². The molecule has 2 rings (SSSR count). The van der Waals surface area contributed by atoms with E-state index in [9.17, 15) is 4.79 Å². The molecular weight excluding hydrogens is 264 g/mol. The van der Waals surface area contributed by atoms with Crippen LogP contribution in [0, 0.1) is 0 Å². The maximum Gasteiger partial charge on any atom is 0.244 e. The van der Waals surface area contributed by atoms with Crippen molar-refractivity contribution < 1.29 is 4.79 Å². The van der Waals surface area contributed by atoms with Gasteiger partial charge in [0.15, 0.2) is 0 Å². The fourth-order valence-corrected chi connectivity index (χ4v) is 1.88. The molecule has 0 saturated carbocycles. The van der Waals surface area contributed by atoms with Gasteiger partial charge in [-0.05, 0) is 45.3 Å². The number of benzene rings is 1. The van der Waals surface area contributed by atoms with Gasteiger partial charge < -0.3 is 10.2 Å².